The van der Waals surface area contributed by atoms with Crippen LogP contribution in [-0.2, 0) is 11.2 Å². The van der Waals surface area contributed by atoms with Crippen LogP contribution in [0.4, 0.5) is 11.4 Å². The summed E-state index contributed by atoms with van der Waals surface area (Å²) in [5.74, 6) is -0.934. The van der Waals surface area contributed by atoms with Gasteiger partial charge in [0.25, 0.3) is 0 Å². The smallest absolute Gasteiger partial charge is 0.335 e. The Kier molecular flexibility index (Phi) is 4.29. The number of fused-ring (bicyclic) bond motifs is 1. The molecule has 3 N–H and O–H groups in total. The molecule has 0 unspecified atom stereocenters. The number of carboxylic acid groups (broad SMARTS) is 1. The minimum Gasteiger partial charge on any atom is -0.478 e. The maximum Gasteiger partial charge on any atom is 0.335 e. The fourth-order valence-electron chi connectivity index (χ4n) is 2.54. The number of amides is 1. The third kappa shape index (κ3) is 3.43. The third-order valence-corrected chi connectivity index (χ3v) is 3.88. The molecule has 0 atom stereocenters. The van der Waals surface area contributed by atoms with Gasteiger partial charge in [-0.25, -0.2) is 4.79 Å². The second-order valence-corrected chi connectivity index (χ2v) is 5.62. The molecule has 0 aromatic heterocycles. The zero-order valence-electron chi connectivity index (χ0n) is 13.2. The molecule has 6 nitrogen and oxygen atoms in total. The van der Waals surface area contributed by atoms with Crippen LogP contribution in [-0.4, -0.2) is 22.7 Å². The lowest BCUT2D eigenvalue weighted by molar-refractivity contribution is -0.116. The van der Waals surface area contributed by atoms with E-state index in [9.17, 15) is 9.59 Å². The third-order valence-electron chi connectivity index (χ3n) is 3.88. The first-order chi connectivity index (χ1) is 11.5. The van der Waals surface area contributed by atoms with Gasteiger partial charge in [-0.3, -0.25) is 10.2 Å². The first-order valence-electron chi connectivity index (χ1n) is 7.60. The number of carbonyl (C=O) groups is 2. The van der Waals surface area contributed by atoms with Crippen LogP contribution in [0.1, 0.15) is 34.8 Å². The van der Waals surface area contributed by atoms with Crippen molar-refractivity contribution in [3.8, 4) is 0 Å². The van der Waals surface area contributed by atoms with Crippen molar-refractivity contribution in [1.82, 2.24) is 0 Å². The van der Waals surface area contributed by atoms with Gasteiger partial charge in [-0.2, -0.15) is 5.10 Å². The maximum absolute atomic E-state index is 11.4. The van der Waals surface area contributed by atoms with Crippen molar-refractivity contribution >= 4 is 29.0 Å². The Balaban J connectivity index is 1.78. The van der Waals surface area contributed by atoms with E-state index >= 15 is 0 Å². The summed E-state index contributed by atoms with van der Waals surface area (Å²) in [6, 6.07) is 12.3. The standard InChI is InChI=1S/C18H17N3O3/c1-11(20-21-15-4-2-3-14(10-15)18(23)24)12-5-7-16-13(9-12)6-8-17(22)19-16/h2-5,7,9-10,21H,6,8H2,1H3,(H,19,22)(H,23,24). The molecule has 6 heteroatoms. The molecule has 0 aliphatic carbocycles. The maximum atomic E-state index is 11.4. The van der Waals surface area contributed by atoms with E-state index in [1.807, 2.05) is 25.1 Å². The lowest BCUT2D eigenvalue weighted by Gasteiger charge is -2.17. The van der Waals surface area contributed by atoms with Gasteiger partial charge in [-0.05, 0) is 54.8 Å². The number of carbonyl (C=O) groups excluding carboxylic acids is 1. The second kappa shape index (κ2) is 6.54. The number of rotatable bonds is 4. The largest absolute Gasteiger partial charge is 0.478 e. The van der Waals surface area contributed by atoms with Crippen molar-refractivity contribution < 1.29 is 14.7 Å². The molecule has 0 saturated heterocycles. The summed E-state index contributed by atoms with van der Waals surface area (Å²) in [5, 5.41) is 16.2. The fourth-order valence-corrected chi connectivity index (χ4v) is 2.54. The second-order valence-electron chi connectivity index (χ2n) is 5.62. The molecule has 1 amide bonds. The first kappa shape index (κ1) is 15.7. The number of hydrogen-bond acceptors (Lipinski definition) is 4. The summed E-state index contributed by atoms with van der Waals surface area (Å²) in [6.45, 7) is 1.87. The van der Waals surface area contributed by atoms with Gasteiger partial charge in [0.05, 0.1) is 17.0 Å². The topological polar surface area (TPSA) is 90.8 Å². The average Bonchev–Trinajstić information content (AvgIpc) is 2.59. The number of nitrogens with one attached hydrogen (secondary N) is 2. The molecular weight excluding hydrogens is 306 g/mol. The summed E-state index contributed by atoms with van der Waals surface area (Å²) in [4.78, 5) is 22.4. The molecule has 0 fully saturated rings. The Hall–Kier alpha value is -3.15. The van der Waals surface area contributed by atoms with E-state index in [0.717, 1.165) is 28.9 Å². The van der Waals surface area contributed by atoms with Crippen LogP contribution < -0.4 is 10.7 Å². The number of anilines is 2. The molecule has 2 aromatic rings. The molecule has 24 heavy (non-hydrogen) atoms. The molecular formula is C18H17N3O3. The van der Waals surface area contributed by atoms with E-state index in [0.29, 0.717) is 12.1 Å². The summed E-state index contributed by atoms with van der Waals surface area (Å²) in [7, 11) is 0. The van der Waals surface area contributed by atoms with Crippen molar-refractivity contribution in [3.05, 3.63) is 59.2 Å². The summed E-state index contributed by atoms with van der Waals surface area (Å²) >= 11 is 0. The Bertz CT molecular complexity index is 843. The van der Waals surface area contributed by atoms with Crippen LogP contribution in [0.25, 0.3) is 0 Å². The van der Waals surface area contributed by atoms with E-state index in [1.54, 1.807) is 12.1 Å². The number of nitrogens with zero attached hydrogens (tertiary/aromatic N) is 1. The van der Waals surface area contributed by atoms with Gasteiger partial charge in [-0.15, -0.1) is 0 Å². The van der Waals surface area contributed by atoms with Crippen molar-refractivity contribution in [2.24, 2.45) is 5.10 Å². The number of benzene rings is 2. The average molecular weight is 323 g/mol. The molecule has 3 rings (SSSR count). The highest BCUT2D eigenvalue weighted by Crippen LogP contribution is 2.24. The minimum absolute atomic E-state index is 0.0422. The molecule has 0 radical (unpaired) electrons. The number of carboxylic acids is 1. The van der Waals surface area contributed by atoms with E-state index in [-0.39, 0.29) is 11.5 Å². The zero-order chi connectivity index (χ0) is 17.1. The predicted molar refractivity (Wildman–Crippen MR) is 92.6 cm³/mol. The lowest BCUT2D eigenvalue weighted by atomic mass is 9.99. The first-order valence-corrected chi connectivity index (χ1v) is 7.60. The highest BCUT2D eigenvalue weighted by atomic mass is 16.4. The van der Waals surface area contributed by atoms with Gasteiger partial charge >= 0.3 is 5.97 Å². The molecule has 0 bridgehead atoms. The number of aryl methyl sites for hydroxylation is 1. The minimum atomic E-state index is -0.976. The molecule has 0 saturated carbocycles. The van der Waals surface area contributed by atoms with Crippen molar-refractivity contribution in [3.63, 3.8) is 0 Å². The van der Waals surface area contributed by atoms with Crippen LogP contribution in [0.15, 0.2) is 47.6 Å². The van der Waals surface area contributed by atoms with Crippen molar-refractivity contribution in [1.29, 1.82) is 0 Å². The van der Waals surface area contributed by atoms with Crippen molar-refractivity contribution in [2.45, 2.75) is 19.8 Å². The van der Waals surface area contributed by atoms with E-state index in [2.05, 4.69) is 15.8 Å². The molecule has 1 aliphatic heterocycles. The summed E-state index contributed by atoms with van der Waals surface area (Å²) in [6.07, 6.45) is 1.21. The van der Waals surface area contributed by atoms with Gasteiger partial charge in [0.2, 0.25) is 5.91 Å². The molecule has 1 aliphatic rings. The summed E-state index contributed by atoms with van der Waals surface area (Å²) < 4.78 is 0. The van der Waals surface area contributed by atoms with E-state index in [1.165, 1.54) is 12.1 Å². The predicted octanol–water partition coefficient (Wildman–Crippen LogP) is 3.11. The SMILES string of the molecule is CC(=NNc1cccc(C(=O)O)c1)c1ccc2c(c1)CCC(=O)N2. The van der Waals surface area contributed by atoms with Gasteiger partial charge in [0.15, 0.2) is 0 Å². The number of hydrazone groups is 1. The van der Waals surface area contributed by atoms with Crippen molar-refractivity contribution in [2.75, 3.05) is 10.7 Å². The molecule has 122 valence electrons. The molecule has 2 aromatic carbocycles. The van der Waals surface area contributed by atoms with Crippen LogP contribution in [0.5, 0.6) is 0 Å². The van der Waals surface area contributed by atoms with Gasteiger partial charge in [-0.1, -0.05) is 12.1 Å². The molecule has 0 spiro atoms. The van der Waals surface area contributed by atoms with Crippen LogP contribution in [0.2, 0.25) is 0 Å². The Labute approximate surface area is 139 Å². The van der Waals surface area contributed by atoms with Crippen LogP contribution in [0, 0.1) is 0 Å². The van der Waals surface area contributed by atoms with Gasteiger partial charge in [0.1, 0.15) is 0 Å². The highest BCUT2D eigenvalue weighted by Gasteiger charge is 2.15. The van der Waals surface area contributed by atoms with Crippen LogP contribution in [0.3, 0.4) is 0 Å². The normalized spacial score (nSPS) is 13.9. The Morgan fingerprint density at radius 3 is 2.79 bits per heavy atom. The van der Waals surface area contributed by atoms with Gasteiger partial charge < -0.3 is 10.4 Å². The zero-order valence-corrected chi connectivity index (χ0v) is 13.2. The monoisotopic (exact) mass is 323 g/mol. The fraction of sp³-hybridized carbons (Fsp3) is 0.167. The van der Waals surface area contributed by atoms with E-state index in [4.69, 9.17) is 5.11 Å². The summed E-state index contributed by atoms with van der Waals surface area (Å²) in [5.41, 5.74) is 7.36. The van der Waals surface area contributed by atoms with Crippen LogP contribution >= 0.6 is 0 Å². The number of aromatic carboxylic acids is 1. The Morgan fingerprint density at radius 2 is 2.00 bits per heavy atom. The highest BCUT2D eigenvalue weighted by molar-refractivity contribution is 6.01. The van der Waals surface area contributed by atoms with E-state index < -0.39 is 5.97 Å². The lowest BCUT2D eigenvalue weighted by Crippen LogP contribution is -2.19. The molecule has 1 heterocycles. The quantitative estimate of drug-likeness (QED) is 0.595. The van der Waals surface area contributed by atoms with Gasteiger partial charge in [0, 0.05) is 12.1 Å². The Morgan fingerprint density at radius 1 is 1.17 bits per heavy atom. The number of hydrogen-bond donors (Lipinski definition) is 3.